The van der Waals surface area contributed by atoms with Gasteiger partial charge in [0, 0.05) is 19.2 Å². The van der Waals surface area contributed by atoms with Crippen molar-refractivity contribution in [2.45, 2.75) is 32.9 Å². The summed E-state index contributed by atoms with van der Waals surface area (Å²) >= 11 is 3.32. The van der Waals surface area contributed by atoms with E-state index in [4.69, 9.17) is 4.74 Å². The molecule has 0 aliphatic carbocycles. The average molecular weight is 350 g/mol. The molecule has 1 atom stereocenters. The van der Waals surface area contributed by atoms with Crippen LogP contribution in [0.15, 0.2) is 41.3 Å². The van der Waals surface area contributed by atoms with Gasteiger partial charge in [-0.2, -0.15) is 0 Å². The highest BCUT2D eigenvalue weighted by atomic mass is 79.9. The molecule has 0 aliphatic heterocycles. The maximum absolute atomic E-state index is 5.87. The monoisotopic (exact) mass is 349 g/mol. The first-order valence-corrected chi connectivity index (χ1v) is 7.87. The van der Waals surface area contributed by atoms with E-state index in [1.807, 2.05) is 0 Å². The minimum atomic E-state index is 0.0934. The van der Waals surface area contributed by atoms with Crippen LogP contribution in [0, 0.1) is 6.92 Å². The fraction of sp³-hybridized carbons (Fsp3) is 0.375. The molecule has 1 aromatic carbocycles. The van der Waals surface area contributed by atoms with Crippen LogP contribution in [0.2, 0.25) is 0 Å². The van der Waals surface area contributed by atoms with Crippen molar-refractivity contribution in [3.63, 3.8) is 0 Å². The Morgan fingerprint density at radius 2 is 2.10 bits per heavy atom. The molecule has 1 N–H and O–H groups in total. The molecule has 21 heavy (non-hydrogen) atoms. The maximum atomic E-state index is 5.87. The van der Waals surface area contributed by atoms with Gasteiger partial charge < -0.3 is 10.1 Å². The first-order chi connectivity index (χ1) is 10.2. The van der Waals surface area contributed by atoms with Crippen LogP contribution in [0.4, 0.5) is 0 Å². The zero-order valence-electron chi connectivity index (χ0n) is 12.3. The minimum absolute atomic E-state index is 0.0934. The van der Waals surface area contributed by atoms with Gasteiger partial charge in [0.05, 0.1) is 0 Å². The summed E-state index contributed by atoms with van der Waals surface area (Å²) in [7, 11) is 0. The van der Waals surface area contributed by atoms with E-state index in [0.717, 1.165) is 24.1 Å². The molecule has 2 rings (SSSR count). The molecule has 1 heterocycles. The normalized spacial score (nSPS) is 12.1. The van der Waals surface area contributed by atoms with Gasteiger partial charge in [0.15, 0.2) is 0 Å². The van der Waals surface area contributed by atoms with Crippen molar-refractivity contribution >= 4 is 15.9 Å². The van der Waals surface area contributed by atoms with Crippen LogP contribution in [0.3, 0.4) is 0 Å². The number of nitrogens with one attached hydrogen (secondary N) is 1. The molecule has 2 aromatic rings. The number of ether oxygens (including phenoxy) is 1. The lowest BCUT2D eigenvalue weighted by Gasteiger charge is -2.18. The summed E-state index contributed by atoms with van der Waals surface area (Å²) in [6.45, 7) is 5.87. The highest BCUT2D eigenvalue weighted by molar-refractivity contribution is 9.10. The Morgan fingerprint density at radius 3 is 2.81 bits per heavy atom. The van der Waals surface area contributed by atoms with Gasteiger partial charge in [-0.3, -0.25) is 0 Å². The molecule has 0 amide bonds. The molecular formula is C16H20BrN3O. The van der Waals surface area contributed by atoms with E-state index in [2.05, 4.69) is 69.3 Å². The summed E-state index contributed by atoms with van der Waals surface area (Å²) in [5, 5.41) is 3.45. The molecule has 1 unspecified atom stereocenters. The predicted octanol–water partition coefficient (Wildman–Crippen LogP) is 3.49. The first-order valence-electron chi connectivity index (χ1n) is 7.08. The van der Waals surface area contributed by atoms with E-state index in [-0.39, 0.29) is 6.10 Å². The highest BCUT2D eigenvalue weighted by Crippen LogP contribution is 2.14. The van der Waals surface area contributed by atoms with Crippen molar-refractivity contribution in [2.75, 3.05) is 6.54 Å². The number of hydrogen-bond acceptors (Lipinski definition) is 4. The van der Waals surface area contributed by atoms with E-state index in [0.29, 0.717) is 5.88 Å². The molecule has 0 saturated heterocycles. The topological polar surface area (TPSA) is 47.0 Å². The van der Waals surface area contributed by atoms with Crippen LogP contribution in [-0.4, -0.2) is 22.6 Å². The van der Waals surface area contributed by atoms with Crippen LogP contribution in [0.25, 0.3) is 0 Å². The van der Waals surface area contributed by atoms with Gasteiger partial charge in [-0.15, -0.1) is 0 Å². The molecule has 0 fully saturated rings. The summed E-state index contributed by atoms with van der Waals surface area (Å²) in [6, 6.07) is 10.2. The molecule has 5 heteroatoms. The largest absolute Gasteiger partial charge is 0.473 e. The van der Waals surface area contributed by atoms with Crippen molar-refractivity contribution in [3.8, 4) is 5.88 Å². The van der Waals surface area contributed by atoms with Crippen LogP contribution >= 0.6 is 15.9 Å². The maximum Gasteiger partial charge on any atom is 0.217 e. The molecule has 112 valence electrons. The van der Waals surface area contributed by atoms with Crippen molar-refractivity contribution < 1.29 is 4.74 Å². The first kappa shape index (κ1) is 15.9. The molecule has 0 aliphatic rings. The Labute approximate surface area is 134 Å². The summed E-state index contributed by atoms with van der Waals surface area (Å²) < 4.78 is 6.60. The second-order valence-electron chi connectivity index (χ2n) is 4.88. The molecule has 0 radical (unpaired) electrons. The van der Waals surface area contributed by atoms with E-state index in [9.17, 15) is 0 Å². The van der Waals surface area contributed by atoms with Crippen LogP contribution in [-0.2, 0) is 6.54 Å². The third kappa shape index (κ3) is 5.10. The summed E-state index contributed by atoms with van der Waals surface area (Å²) in [6.07, 6.45) is 2.51. The number of rotatable bonds is 7. The standard InChI is InChI=1S/C16H20BrN3O/c1-3-14(21-16-8-15(17)19-11-20-16)10-18-9-13-7-5-4-6-12(13)2/h4-8,11,14,18H,3,9-10H2,1-2H3. The second kappa shape index (κ2) is 8.10. The highest BCUT2D eigenvalue weighted by Gasteiger charge is 2.09. The molecule has 1 aromatic heterocycles. The molecule has 0 saturated carbocycles. The van der Waals surface area contributed by atoms with Crippen LogP contribution in [0.1, 0.15) is 24.5 Å². The van der Waals surface area contributed by atoms with Crippen molar-refractivity contribution in [1.29, 1.82) is 0 Å². The smallest absolute Gasteiger partial charge is 0.217 e. The number of halogens is 1. The van der Waals surface area contributed by atoms with Gasteiger partial charge in [0.2, 0.25) is 5.88 Å². The Morgan fingerprint density at radius 1 is 1.29 bits per heavy atom. The van der Waals surface area contributed by atoms with Gasteiger partial charge in [-0.05, 0) is 40.4 Å². The molecular weight excluding hydrogens is 330 g/mol. The van der Waals surface area contributed by atoms with Crippen molar-refractivity contribution in [1.82, 2.24) is 15.3 Å². The van der Waals surface area contributed by atoms with Crippen molar-refractivity contribution in [2.24, 2.45) is 0 Å². The second-order valence-corrected chi connectivity index (χ2v) is 5.70. The quantitative estimate of drug-likeness (QED) is 0.777. The van der Waals surface area contributed by atoms with Gasteiger partial charge in [0.1, 0.15) is 17.0 Å². The SMILES string of the molecule is CCC(CNCc1ccccc1C)Oc1cc(Br)ncn1. The number of nitrogens with zero attached hydrogens (tertiary/aromatic N) is 2. The summed E-state index contributed by atoms with van der Waals surface area (Å²) in [4.78, 5) is 8.11. The Hall–Kier alpha value is -1.46. The third-order valence-electron chi connectivity index (χ3n) is 3.30. The minimum Gasteiger partial charge on any atom is -0.473 e. The van der Waals surface area contributed by atoms with E-state index < -0.39 is 0 Å². The number of benzene rings is 1. The zero-order chi connectivity index (χ0) is 15.1. The number of aromatic nitrogens is 2. The number of aryl methyl sites for hydroxylation is 1. The van der Waals surface area contributed by atoms with Gasteiger partial charge in [-0.1, -0.05) is 31.2 Å². The lowest BCUT2D eigenvalue weighted by molar-refractivity contribution is 0.185. The lowest BCUT2D eigenvalue weighted by Crippen LogP contribution is -2.31. The third-order valence-corrected chi connectivity index (χ3v) is 3.73. The van der Waals surface area contributed by atoms with Crippen LogP contribution in [0.5, 0.6) is 5.88 Å². The molecule has 4 nitrogen and oxygen atoms in total. The summed E-state index contributed by atoms with van der Waals surface area (Å²) in [5.74, 6) is 0.599. The summed E-state index contributed by atoms with van der Waals surface area (Å²) in [5.41, 5.74) is 2.62. The number of hydrogen-bond donors (Lipinski definition) is 1. The Bertz CT molecular complexity index is 577. The van der Waals surface area contributed by atoms with Gasteiger partial charge >= 0.3 is 0 Å². The fourth-order valence-electron chi connectivity index (χ4n) is 2.00. The van der Waals surface area contributed by atoms with E-state index in [1.54, 1.807) is 6.07 Å². The average Bonchev–Trinajstić information content (AvgIpc) is 2.48. The lowest BCUT2D eigenvalue weighted by atomic mass is 10.1. The van der Waals surface area contributed by atoms with Gasteiger partial charge in [0.25, 0.3) is 0 Å². The fourth-order valence-corrected chi connectivity index (χ4v) is 2.29. The Kier molecular flexibility index (Phi) is 6.14. The van der Waals surface area contributed by atoms with Crippen LogP contribution < -0.4 is 10.1 Å². The van der Waals surface area contributed by atoms with E-state index in [1.165, 1.54) is 17.5 Å². The Balaban J connectivity index is 1.84. The van der Waals surface area contributed by atoms with Crippen molar-refractivity contribution in [3.05, 3.63) is 52.4 Å². The van der Waals surface area contributed by atoms with E-state index >= 15 is 0 Å². The van der Waals surface area contributed by atoms with Gasteiger partial charge in [-0.25, -0.2) is 9.97 Å². The predicted molar refractivity (Wildman–Crippen MR) is 87.3 cm³/mol. The molecule has 0 bridgehead atoms. The molecule has 0 spiro atoms. The zero-order valence-corrected chi connectivity index (χ0v) is 13.9.